The zero-order valence-corrected chi connectivity index (χ0v) is 10.9. The number of carbonyl (C=O) groups is 1. The number of carbonyl (C=O) groups excluding carboxylic acids is 1. The molecule has 4 heteroatoms. The van der Waals surface area contributed by atoms with Gasteiger partial charge in [-0.1, -0.05) is 43.7 Å². The van der Waals surface area contributed by atoms with Crippen LogP contribution in [-0.4, -0.2) is 18.4 Å². The minimum Gasteiger partial charge on any atom is -0.338 e. The molecule has 0 spiro atoms. The summed E-state index contributed by atoms with van der Waals surface area (Å²) in [4.78, 5) is 16.6. The summed E-state index contributed by atoms with van der Waals surface area (Å²) in [6.07, 6.45) is 1.68. The Kier molecular flexibility index (Phi) is 3.65. The van der Waals surface area contributed by atoms with Gasteiger partial charge in [0, 0.05) is 6.54 Å². The van der Waals surface area contributed by atoms with Crippen LogP contribution in [0.2, 0.25) is 0 Å². The van der Waals surface area contributed by atoms with E-state index < -0.39 is 5.54 Å². The second kappa shape index (κ2) is 5.21. The van der Waals surface area contributed by atoms with Crippen LogP contribution in [0.4, 0.5) is 0 Å². The summed E-state index contributed by atoms with van der Waals surface area (Å²) in [5.41, 5.74) is 0.329. The fraction of sp³-hybridized carbons (Fsp3) is 0.429. The van der Waals surface area contributed by atoms with Crippen LogP contribution in [0.5, 0.6) is 0 Å². The SMILES string of the molecule is CCCC1(c2ccccc2)NC(=NCC)NC1=O. The van der Waals surface area contributed by atoms with Crippen LogP contribution < -0.4 is 10.6 Å². The Hall–Kier alpha value is -1.84. The van der Waals surface area contributed by atoms with Gasteiger partial charge in [0.1, 0.15) is 5.54 Å². The monoisotopic (exact) mass is 245 g/mol. The van der Waals surface area contributed by atoms with E-state index in [0.717, 1.165) is 18.4 Å². The second-order valence-corrected chi connectivity index (χ2v) is 4.42. The van der Waals surface area contributed by atoms with Crippen LogP contribution >= 0.6 is 0 Å². The average Bonchev–Trinajstić information content (AvgIpc) is 2.69. The summed E-state index contributed by atoms with van der Waals surface area (Å²) < 4.78 is 0. The van der Waals surface area contributed by atoms with Crippen LogP contribution in [0.1, 0.15) is 32.3 Å². The van der Waals surface area contributed by atoms with Gasteiger partial charge in [0.15, 0.2) is 5.96 Å². The van der Waals surface area contributed by atoms with Crippen molar-refractivity contribution >= 4 is 11.9 Å². The lowest BCUT2D eigenvalue weighted by Crippen LogP contribution is -2.43. The van der Waals surface area contributed by atoms with E-state index in [0.29, 0.717) is 12.5 Å². The van der Waals surface area contributed by atoms with E-state index in [9.17, 15) is 4.79 Å². The Morgan fingerprint density at radius 3 is 2.56 bits per heavy atom. The Balaban J connectivity index is 2.40. The molecule has 1 aromatic rings. The van der Waals surface area contributed by atoms with E-state index in [4.69, 9.17) is 0 Å². The topological polar surface area (TPSA) is 53.5 Å². The molecule has 1 atom stereocenters. The highest BCUT2D eigenvalue weighted by molar-refractivity contribution is 6.09. The number of amides is 1. The number of rotatable bonds is 4. The summed E-state index contributed by atoms with van der Waals surface area (Å²) in [5, 5.41) is 6.09. The van der Waals surface area contributed by atoms with Crippen LogP contribution in [0.3, 0.4) is 0 Å². The predicted molar refractivity (Wildman–Crippen MR) is 72.3 cm³/mol. The number of aliphatic imine (C=N–C) groups is 1. The largest absolute Gasteiger partial charge is 0.338 e. The van der Waals surface area contributed by atoms with Crippen molar-refractivity contribution < 1.29 is 4.79 Å². The third-order valence-corrected chi connectivity index (χ3v) is 3.16. The molecule has 1 aliphatic heterocycles. The number of hydrogen-bond donors (Lipinski definition) is 2. The maximum atomic E-state index is 12.3. The third-order valence-electron chi connectivity index (χ3n) is 3.16. The fourth-order valence-corrected chi connectivity index (χ4v) is 2.36. The highest BCUT2D eigenvalue weighted by Crippen LogP contribution is 2.29. The van der Waals surface area contributed by atoms with E-state index in [-0.39, 0.29) is 5.91 Å². The lowest BCUT2D eigenvalue weighted by molar-refractivity contribution is -0.124. The molecule has 4 nitrogen and oxygen atoms in total. The van der Waals surface area contributed by atoms with Crippen molar-refractivity contribution in [2.45, 2.75) is 32.2 Å². The van der Waals surface area contributed by atoms with Crippen molar-refractivity contribution in [3.05, 3.63) is 35.9 Å². The molecule has 0 aromatic heterocycles. The normalized spacial score (nSPS) is 25.0. The Bertz CT molecular complexity index is 455. The number of benzene rings is 1. The lowest BCUT2D eigenvalue weighted by Gasteiger charge is -2.26. The molecule has 1 unspecified atom stereocenters. The maximum Gasteiger partial charge on any atom is 0.257 e. The van der Waals surface area contributed by atoms with Gasteiger partial charge in [-0.15, -0.1) is 0 Å². The molecule has 18 heavy (non-hydrogen) atoms. The number of guanidine groups is 1. The molecule has 0 radical (unpaired) electrons. The highest BCUT2D eigenvalue weighted by atomic mass is 16.2. The standard InChI is InChI=1S/C14H19N3O/c1-3-10-14(11-8-6-5-7-9-11)12(18)16-13(17-14)15-4-2/h5-9H,3-4,10H2,1-2H3,(H2,15,16,17,18). The third kappa shape index (κ3) is 2.10. The summed E-state index contributed by atoms with van der Waals surface area (Å²) >= 11 is 0. The Labute approximate surface area is 108 Å². The minimum atomic E-state index is -0.663. The summed E-state index contributed by atoms with van der Waals surface area (Å²) in [6.45, 7) is 4.68. The molecule has 2 rings (SSSR count). The van der Waals surface area contributed by atoms with Crippen molar-refractivity contribution in [2.24, 2.45) is 4.99 Å². The molecule has 1 saturated heterocycles. The first kappa shape index (κ1) is 12.6. The Morgan fingerprint density at radius 2 is 1.94 bits per heavy atom. The van der Waals surface area contributed by atoms with Crippen molar-refractivity contribution in [3.63, 3.8) is 0 Å². The smallest absolute Gasteiger partial charge is 0.257 e. The van der Waals surface area contributed by atoms with Gasteiger partial charge in [0.05, 0.1) is 0 Å². The number of hydrogen-bond acceptors (Lipinski definition) is 2. The van der Waals surface area contributed by atoms with Crippen molar-refractivity contribution in [1.82, 2.24) is 10.6 Å². The predicted octanol–water partition coefficient (Wildman–Crippen LogP) is 1.78. The average molecular weight is 245 g/mol. The van der Waals surface area contributed by atoms with E-state index >= 15 is 0 Å². The number of nitrogens with one attached hydrogen (secondary N) is 2. The summed E-state index contributed by atoms with van der Waals surface area (Å²) in [5.74, 6) is 0.572. The van der Waals surface area contributed by atoms with Gasteiger partial charge in [-0.25, -0.2) is 0 Å². The molecule has 0 aliphatic carbocycles. The van der Waals surface area contributed by atoms with Crippen LogP contribution in [0, 0.1) is 0 Å². The van der Waals surface area contributed by atoms with Crippen molar-refractivity contribution in [3.8, 4) is 0 Å². The van der Waals surface area contributed by atoms with Crippen LogP contribution in [0.15, 0.2) is 35.3 Å². The molecule has 1 aromatic carbocycles. The van der Waals surface area contributed by atoms with Gasteiger partial charge in [-0.05, 0) is 18.9 Å². The first-order valence-electron chi connectivity index (χ1n) is 6.42. The summed E-state index contributed by atoms with van der Waals surface area (Å²) in [7, 11) is 0. The molecule has 1 heterocycles. The van der Waals surface area contributed by atoms with Crippen molar-refractivity contribution in [2.75, 3.05) is 6.54 Å². The lowest BCUT2D eigenvalue weighted by atomic mass is 9.86. The van der Waals surface area contributed by atoms with Gasteiger partial charge in [0.25, 0.3) is 5.91 Å². The highest BCUT2D eigenvalue weighted by Gasteiger charge is 2.45. The van der Waals surface area contributed by atoms with Gasteiger partial charge < -0.3 is 5.32 Å². The fourth-order valence-electron chi connectivity index (χ4n) is 2.36. The molecule has 1 fully saturated rings. The van der Waals surface area contributed by atoms with E-state index in [1.165, 1.54) is 0 Å². The first-order chi connectivity index (χ1) is 8.73. The van der Waals surface area contributed by atoms with Gasteiger partial charge in [0.2, 0.25) is 0 Å². The molecule has 0 saturated carbocycles. The Morgan fingerprint density at radius 1 is 1.22 bits per heavy atom. The van der Waals surface area contributed by atoms with Gasteiger partial charge in [-0.2, -0.15) is 0 Å². The molecule has 1 amide bonds. The minimum absolute atomic E-state index is 0.0113. The van der Waals surface area contributed by atoms with Gasteiger partial charge in [-0.3, -0.25) is 15.1 Å². The molecule has 96 valence electrons. The van der Waals surface area contributed by atoms with Crippen LogP contribution in [-0.2, 0) is 10.3 Å². The van der Waals surface area contributed by atoms with Gasteiger partial charge >= 0.3 is 0 Å². The zero-order chi connectivity index (χ0) is 13.0. The van der Waals surface area contributed by atoms with Crippen LogP contribution in [0.25, 0.3) is 0 Å². The quantitative estimate of drug-likeness (QED) is 0.849. The molecule has 1 aliphatic rings. The number of nitrogens with zero attached hydrogens (tertiary/aromatic N) is 1. The molecule has 0 bridgehead atoms. The zero-order valence-electron chi connectivity index (χ0n) is 10.9. The van der Waals surface area contributed by atoms with E-state index in [1.54, 1.807) is 0 Å². The molecular formula is C14H19N3O. The molecular weight excluding hydrogens is 226 g/mol. The van der Waals surface area contributed by atoms with Crippen molar-refractivity contribution in [1.29, 1.82) is 0 Å². The first-order valence-corrected chi connectivity index (χ1v) is 6.42. The maximum absolute atomic E-state index is 12.3. The van der Waals surface area contributed by atoms with E-state index in [2.05, 4.69) is 22.5 Å². The van der Waals surface area contributed by atoms with E-state index in [1.807, 2.05) is 37.3 Å². The second-order valence-electron chi connectivity index (χ2n) is 4.42. The molecule has 2 N–H and O–H groups in total. The summed E-state index contributed by atoms with van der Waals surface area (Å²) in [6, 6.07) is 9.83.